The average Bonchev–Trinajstić information content (AvgIpc) is 1.59. The van der Waals surface area contributed by atoms with E-state index in [9.17, 15) is 0 Å². The van der Waals surface area contributed by atoms with E-state index in [1.54, 1.807) is 0 Å². The lowest BCUT2D eigenvalue weighted by Gasteiger charge is -2.11. The van der Waals surface area contributed by atoms with Crippen LogP contribution in [0.25, 0.3) is 0 Å². The van der Waals surface area contributed by atoms with E-state index in [1.165, 1.54) is 0 Å². The van der Waals surface area contributed by atoms with Gasteiger partial charge in [0.15, 0.2) is 0 Å². The molecular weight excluding hydrogens is 120 g/mol. The second-order valence-electron chi connectivity index (χ2n) is 3.57. The highest BCUT2D eigenvalue weighted by atomic mass is 14.1. The Morgan fingerprint density at radius 2 is 1.80 bits per heavy atom. The maximum absolute atomic E-state index is 3.01. The van der Waals surface area contributed by atoms with Gasteiger partial charge in [-0.15, -0.1) is 5.92 Å². The van der Waals surface area contributed by atoms with Crippen molar-refractivity contribution in [1.82, 2.24) is 0 Å². The van der Waals surface area contributed by atoms with E-state index >= 15 is 0 Å². The smallest absolute Gasteiger partial charge is 0.00234 e. The van der Waals surface area contributed by atoms with Crippen LogP contribution in [0.15, 0.2) is 11.6 Å². The topological polar surface area (TPSA) is 0 Å². The normalized spacial score (nSPS) is 12.3. The molecular formula is C10H16. The van der Waals surface area contributed by atoms with Gasteiger partial charge in [0.05, 0.1) is 0 Å². The Kier molecular flexibility index (Phi) is 3.22. The van der Waals surface area contributed by atoms with Gasteiger partial charge in [-0.2, -0.15) is 0 Å². The highest BCUT2D eigenvalue weighted by Crippen LogP contribution is 2.16. The second kappa shape index (κ2) is 3.46. The largest absolute Gasteiger partial charge is 0.102 e. The lowest BCUT2D eigenvalue weighted by Crippen LogP contribution is -1.99. The van der Waals surface area contributed by atoms with Crippen LogP contribution < -0.4 is 0 Å². The van der Waals surface area contributed by atoms with Crippen molar-refractivity contribution < 1.29 is 0 Å². The standard InChI is InChI=1S/C10H16/c1-6-7-9(2)8-10(3,4)5/h8H,1-5H3. The summed E-state index contributed by atoms with van der Waals surface area (Å²) in [5.74, 6) is 5.88. The highest BCUT2D eigenvalue weighted by Gasteiger charge is 2.04. The van der Waals surface area contributed by atoms with Gasteiger partial charge in [-0.25, -0.2) is 0 Å². The van der Waals surface area contributed by atoms with E-state index < -0.39 is 0 Å². The molecule has 0 nitrogen and oxygen atoms in total. The Labute approximate surface area is 64.3 Å². The third-order valence-corrected chi connectivity index (χ3v) is 0.972. The van der Waals surface area contributed by atoms with E-state index in [0.29, 0.717) is 0 Å². The van der Waals surface area contributed by atoms with Gasteiger partial charge in [-0.1, -0.05) is 32.8 Å². The predicted octanol–water partition coefficient (Wildman–Crippen LogP) is 3.00. The summed E-state index contributed by atoms with van der Waals surface area (Å²) in [4.78, 5) is 0. The summed E-state index contributed by atoms with van der Waals surface area (Å²) in [7, 11) is 0. The van der Waals surface area contributed by atoms with E-state index in [-0.39, 0.29) is 5.41 Å². The van der Waals surface area contributed by atoms with E-state index in [1.807, 2.05) is 13.8 Å². The van der Waals surface area contributed by atoms with Crippen molar-refractivity contribution in [3.8, 4) is 11.8 Å². The molecule has 0 spiro atoms. The summed E-state index contributed by atoms with van der Waals surface area (Å²) in [6, 6.07) is 0. The van der Waals surface area contributed by atoms with Crippen LogP contribution in [0.5, 0.6) is 0 Å². The van der Waals surface area contributed by atoms with Crippen LogP contribution >= 0.6 is 0 Å². The van der Waals surface area contributed by atoms with Crippen molar-refractivity contribution in [2.75, 3.05) is 0 Å². The molecule has 0 rings (SSSR count). The molecule has 0 N–H and O–H groups in total. The van der Waals surface area contributed by atoms with Gasteiger partial charge in [0.2, 0.25) is 0 Å². The van der Waals surface area contributed by atoms with Crippen LogP contribution in [0, 0.1) is 17.3 Å². The van der Waals surface area contributed by atoms with Gasteiger partial charge in [0.25, 0.3) is 0 Å². The molecule has 0 atom stereocenters. The quantitative estimate of drug-likeness (QED) is 0.449. The first-order valence-electron chi connectivity index (χ1n) is 3.58. The van der Waals surface area contributed by atoms with Crippen molar-refractivity contribution in [1.29, 1.82) is 0 Å². The molecule has 0 aliphatic heterocycles. The Balaban J connectivity index is 4.27. The molecule has 0 aromatic heterocycles. The molecule has 0 aromatic carbocycles. The van der Waals surface area contributed by atoms with Gasteiger partial charge in [0.1, 0.15) is 0 Å². The highest BCUT2D eigenvalue weighted by molar-refractivity contribution is 5.26. The number of hydrogen-bond donors (Lipinski definition) is 0. The minimum atomic E-state index is 0.258. The monoisotopic (exact) mass is 136 g/mol. The zero-order valence-corrected chi connectivity index (χ0v) is 7.58. The molecule has 0 heterocycles. The van der Waals surface area contributed by atoms with Crippen molar-refractivity contribution in [2.45, 2.75) is 34.6 Å². The van der Waals surface area contributed by atoms with Crippen molar-refractivity contribution in [2.24, 2.45) is 5.41 Å². The number of rotatable bonds is 0. The molecule has 0 aliphatic rings. The second-order valence-corrected chi connectivity index (χ2v) is 3.57. The van der Waals surface area contributed by atoms with Gasteiger partial charge in [-0.3, -0.25) is 0 Å². The maximum Gasteiger partial charge on any atom is -0.00234 e. The first-order valence-corrected chi connectivity index (χ1v) is 3.58. The van der Waals surface area contributed by atoms with Crippen molar-refractivity contribution in [3.63, 3.8) is 0 Å². The molecule has 0 heteroatoms. The molecule has 56 valence electrons. The maximum atomic E-state index is 3.01. The van der Waals surface area contributed by atoms with Gasteiger partial charge in [0, 0.05) is 0 Å². The van der Waals surface area contributed by atoms with Crippen LogP contribution in [0.2, 0.25) is 0 Å². The molecule has 10 heavy (non-hydrogen) atoms. The molecule has 0 aliphatic carbocycles. The summed E-state index contributed by atoms with van der Waals surface area (Å²) in [5.41, 5.74) is 1.42. The van der Waals surface area contributed by atoms with Crippen LogP contribution in [0.1, 0.15) is 34.6 Å². The molecule has 0 unspecified atom stereocenters. The summed E-state index contributed by atoms with van der Waals surface area (Å²) in [6.07, 6.45) is 2.18. The minimum Gasteiger partial charge on any atom is -0.102 e. The van der Waals surface area contributed by atoms with Crippen LogP contribution in [-0.2, 0) is 0 Å². The lowest BCUT2D eigenvalue weighted by molar-refractivity contribution is 0.541. The molecule has 0 saturated heterocycles. The van der Waals surface area contributed by atoms with Crippen LogP contribution in [-0.4, -0.2) is 0 Å². The van der Waals surface area contributed by atoms with Gasteiger partial charge < -0.3 is 0 Å². The summed E-state index contributed by atoms with van der Waals surface area (Å²) < 4.78 is 0. The first kappa shape index (κ1) is 9.30. The summed E-state index contributed by atoms with van der Waals surface area (Å²) in [6.45, 7) is 10.4. The van der Waals surface area contributed by atoms with Crippen LogP contribution in [0.4, 0.5) is 0 Å². The Morgan fingerprint density at radius 1 is 1.30 bits per heavy atom. The molecule has 0 fully saturated rings. The average molecular weight is 136 g/mol. The van der Waals surface area contributed by atoms with Crippen molar-refractivity contribution in [3.05, 3.63) is 11.6 Å². The number of hydrogen-bond acceptors (Lipinski definition) is 0. The fraction of sp³-hybridized carbons (Fsp3) is 0.600. The summed E-state index contributed by atoms with van der Waals surface area (Å²) >= 11 is 0. The minimum absolute atomic E-state index is 0.258. The van der Waals surface area contributed by atoms with Gasteiger partial charge >= 0.3 is 0 Å². The molecule has 0 bridgehead atoms. The van der Waals surface area contributed by atoms with Crippen molar-refractivity contribution >= 4 is 0 Å². The first-order chi connectivity index (χ1) is 4.45. The third-order valence-electron chi connectivity index (χ3n) is 0.972. The summed E-state index contributed by atoms with van der Waals surface area (Å²) in [5, 5.41) is 0. The molecule has 0 radical (unpaired) electrons. The lowest BCUT2D eigenvalue weighted by atomic mass is 9.94. The Bertz CT molecular complexity index is 178. The zero-order valence-electron chi connectivity index (χ0n) is 7.58. The molecule has 0 saturated carbocycles. The SMILES string of the molecule is CC#CC(C)=CC(C)(C)C. The molecule has 0 aromatic rings. The van der Waals surface area contributed by atoms with E-state index in [0.717, 1.165) is 5.57 Å². The Hall–Kier alpha value is -0.700. The molecule has 0 amide bonds. The fourth-order valence-corrected chi connectivity index (χ4v) is 0.883. The number of allylic oxidation sites excluding steroid dienone is 2. The van der Waals surface area contributed by atoms with E-state index in [2.05, 4.69) is 38.7 Å². The van der Waals surface area contributed by atoms with Gasteiger partial charge in [-0.05, 0) is 24.8 Å². The third kappa shape index (κ3) is 5.44. The fourth-order valence-electron chi connectivity index (χ4n) is 0.883. The Morgan fingerprint density at radius 3 is 2.10 bits per heavy atom. The predicted molar refractivity (Wildman–Crippen MR) is 46.7 cm³/mol. The zero-order chi connectivity index (χ0) is 8.20. The van der Waals surface area contributed by atoms with E-state index in [4.69, 9.17) is 0 Å². The van der Waals surface area contributed by atoms with Crippen LogP contribution in [0.3, 0.4) is 0 Å².